The fourth-order valence-corrected chi connectivity index (χ4v) is 10.7. The molecule has 13 heteroatoms. The van der Waals surface area contributed by atoms with E-state index in [1.165, 1.54) is 231 Å². The van der Waals surface area contributed by atoms with E-state index in [0.717, 1.165) is 51.4 Å². The molecule has 12 nitrogen and oxygen atoms in total. The Hall–Kier alpha value is -0.900. The van der Waals surface area contributed by atoms with Crippen LogP contribution in [0.5, 0.6) is 0 Å². The molecule has 1 fully saturated rings. The Morgan fingerprint density at radius 3 is 1.13 bits per heavy atom. The summed E-state index contributed by atoms with van der Waals surface area (Å²) >= 11 is 0. The van der Waals surface area contributed by atoms with Crippen molar-refractivity contribution in [1.82, 2.24) is 5.32 Å². The lowest BCUT2D eigenvalue weighted by Gasteiger charge is -2.41. The molecular weight excluding hydrogens is 919 g/mol. The quantitative estimate of drug-likeness (QED) is 0.0251. The van der Waals surface area contributed by atoms with Gasteiger partial charge in [0.05, 0.1) is 25.4 Å². The number of carbonyl (C=O) groups is 1. The van der Waals surface area contributed by atoms with Crippen LogP contribution in [0.3, 0.4) is 0 Å². The molecule has 0 aromatic carbocycles. The summed E-state index contributed by atoms with van der Waals surface area (Å²) in [6.45, 7) is 3.50. The van der Waals surface area contributed by atoms with Crippen LogP contribution in [0.15, 0.2) is 0 Å². The summed E-state index contributed by atoms with van der Waals surface area (Å²) in [5, 5.41) is 45.1. The van der Waals surface area contributed by atoms with Gasteiger partial charge in [0.2, 0.25) is 5.91 Å². The molecule has 71 heavy (non-hydrogen) atoms. The van der Waals surface area contributed by atoms with Crippen LogP contribution < -0.4 is 5.32 Å². The minimum absolute atomic E-state index is 0.222. The summed E-state index contributed by atoms with van der Waals surface area (Å²) in [7, 11) is -5.08. The van der Waals surface area contributed by atoms with Crippen molar-refractivity contribution in [2.75, 3.05) is 13.2 Å². The molecule has 0 saturated carbocycles. The summed E-state index contributed by atoms with van der Waals surface area (Å²) in [4.78, 5) is 13.1. The largest absolute Gasteiger partial charge is 0.397 e. The molecule has 6 N–H and O–H groups in total. The van der Waals surface area contributed by atoms with E-state index in [9.17, 15) is 38.2 Å². The third kappa shape index (κ3) is 41.0. The van der Waals surface area contributed by atoms with Crippen molar-refractivity contribution in [3.63, 3.8) is 0 Å². The molecule has 1 amide bonds. The molecule has 1 aliphatic rings. The number of carbonyl (C=O) groups excluding carboxylic acids is 1. The average Bonchev–Trinajstić information content (AvgIpc) is 3.34. The van der Waals surface area contributed by atoms with Crippen molar-refractivity contribution >= 4 is 16.3 Å². The molecule has 1 rings (SSSR count). The van der Waals surface area contributed by atoms with Gasteiger partial charge in [-0.1, -0.05) is 290 Å². The lowest BCUT2D eigenvalue weighted by Crippen LogP contribution is -2.61. The van der Waals surface area contributed by atoms with Crippen molar-refractivity contribution in [1.29, 1.82) is 0 Å². The maximum absolute atomic E-state index is 13.1. The summed E-state index contributed by atoms with van der Waals surface area (Å²) in [6, 6.07) is -0.853. The number of rotatable bonds is 54. The smallest absolute Gasteiger partial charge is 0.394 e. The van der Waals surface area contributed by atoms with E-state index in [1.807, 2.05) is 0 Å². The third-order valence-corrected chi connectivity index (χ3v) is 15.4. The Morgan fingerprint density at radius 2 is 0.817 bits per heavy atom. The fraction of sp³-hybridized carbons (Fsp3) is 0.983. The molecule has 0 aromatic heterocycles. The van der Waals surface area contributed by atoms with Crippen LogP contribution in [-0.2, 0) is 28.9 Å². The first-order valence-electron chi connectivity index (χ1n) is 30.4. The SMILES string of the molecule is CCCCCCCCCCCCCCCCCCCCCCCCCCCCCCCCC(=O)NC(COC1OC(CO)C(O)C(OS(=O)(=O)O)C1O)C(O)CCCCCCCCCCCCCCCC. The van der Waals surface area contributed by atoms with Crippen molar-refractivity contribution in [2.24, 2.45) is 0 Å². The molecule has 0 aromatic rings. The molecule has 1 saturated heterocycles. The lowest BCUT2D eigenvalue weighted by molar-refractivity contribution is -0.298. The van der Waals surface area contributed by atoms with Gasteiger partial charge in [0.15, 0.2) is 6.29 Å². The minimum Gasteiger partial charge on any atom is -0.394 e. The van der Waals surface area contributed by atoms with Gasteiger partial charge in [0.1, 0.15) is 24.4 Å². The van der Waals surface area contributed by atoms with Crippen LogP contribution in [0.4, 0.5) is 0 Å². The topological polar surface area (TPSA) is 192 Å². The second-order valence-corrected chi connectivity index (χ2v) is 22.7. The third-order valence-electron chi connectivity index (χ3n) is 14.9. The Balaban J connectivity index is 2.23. The van der Waals surface area contributed by atoms with E-state index in [4.69, 9.17) is 9.47 Å². The number of ether oxygens (including phenoxy) is 2. The van der Waals surface area contributed by atoms with Gasteiger partial charge in [-0.3, -0.25) is 9.35 Å². The average molecular weight is 1030 g/mol. The van der Waals surface area contributed by atoms with E-state index >= 15 is 0 Å². The van der Waals surface area contributed by atoms with Crippen molar-refractivity contribution in [2.45, 2.75) is 352 Å². The zero-order chi connectivity index (χ0) is 51.9. The number of aliphatic hydroxyl groups excluding tert-OH is 4. The minimum atomic E-state index is -5.08. The molecule has 1 aliphatic heterocycles. The highest BCUT2D eigenvalue weighted by Gasteiger charge is 2.48. The van der Waals surface area contributed by atoms with Gasteiger partial charge in [0.25, 0.3) is 0 Å². The highest BCUT2D eigenvalue weighted by Crippen LogP contribution is 2.26. The second-order valence-electron chi connectivity index (χ2n) is 21.7. The molecule has 1 heterocycles. The van der Waals surface area contributed by atoms with Crippen LogP contribution in [0.1, 0.15) is 309 Å². The number of hydrogen-bond donors (Lipinski definition) is 6. The molecular formula is C58H115NO11S. The Kier molecular flexibility index (Phi) is 46.7. The summed E-state index contributed by atoms with van der Waals surface area (Å²) in [6.07, 6.45) is 48.5. The zero-order valence-corrected chi connectivity index (χ0v) is 46.9. The van der Waals surface area contributed by atoms with E-state index in [-0.39, 0.29) is 12.5 Å². The first kappa shape index (κ1) is 68.1. The number of unbranched alkanes of at least 4 members (excludes halogenated alkanes) is 42. The maximum atomic E-state index is 13.1. The normalized spacial score (nSPS) is 19.3. The monoisotopic (exact) mass is 1030 g/mol. The second kappa shape index (κ2) is 48.7. The predicted molar refractivity (Wildman–Crippen MR) is 292 cm³/mol. The first-order valence-corrected chi connectivity index (χ1v) is 31.8. The Labute approximate surface area is 437 Å². The number of aliphatic hydroxyl groups is 4. The summed E-state index contributed by atoms with van der Waals surface area (Å²) in [5.74, 6) is -0.222. The number of hydrogen-bond acceptors (Lipinski definition) is 10. The maximum Gasteiger partial charge on any atom is 0.397 e. The molecule has 0 aliphatic carbocycles. The Morgan fingerprint density at radius 1 is 0.507 bits per heavy atom. The number of amides is 1. The zero-order valence-electron chi connectivity index (χ0n) is 46.1. The predicted octanol–water partition coefficient (Wildman–Crippen LogP) is 14.5. The summed E-state index contributed by atoms with van der Waals surface area (Å²) < 4.78 is 47.9. The highest BCUT2D eigenvalue weighted by atomic mass is 32.3. The molecule has 7 unspecified atom stereocenters. The standard InChI is InChI=1S/C58H115NO11S/c1-3-5-7-9-11-13-15-17-19-20-21-22-23-24-25-26-27-28-29-30-31-32-33-34-36-38-40-42-44-46-48-54(62)59-51(50-68-58-56(64)57(70-71(65,66)67)55(63)53(49-60)69-58)52(61)47-45-43-41-39-37-35-18-16-14-12-10-8-6-4-2/h51-53,55-58,60-61,63-64H,3-50H2,1-2H3,(H,59,62)(H,65,66,67). The molecule has 7 atom stereocenters. The lowest BCUT2D eigenvalue weighted by atomic mass is 9.99. The van der Waals surface area contributed by atoms with E-state index < -0.39 is 59.9 Å². The van der Waals surface area contributed by atoms with Crippen LogP contribution in [-0.4, -0.2) is 95.4 Å². The van der Waals surface area contributed by atoms with Gasteiger partial charge < -0.3 is 35.2 Å². The van der Waals surface area contributed by atoms with E-state index in [2.05, 4.69) is 23.3 Å². The molecule has 0 bridgehead atoms. The number of nitrogens with one attached hydrogen (secondary N) is 1. The Bertz CT molecular complexity index is 1260. The van der Waals surface area contributed by atoms with Gasteiger partial charge in [0, 0.05) is 6.42 Å². The molecule has 0 radical (unpaired) electrons. The van der Waals surface area contributed by atoms with Gasteiger partial charge in [-0.2, -0.15) is 8.42 Å². The molecule has 424 valence electrons. The van der Waals surface area contributed by atoms with Gasteiger partial charge in [-0.05, 0) is 12.8 Å². The van der Waals surface area contributed by atoms with Crippen LogP contribution in [0.25, 0.3) is 0 Å². The van der Waals surface area contributed by atoms with Crippen molar-refractivity contribution in [3.8, 4) is 0 Å². The van der Waals surface area contributed by atoms with Gasteiger partial charge in [-0.25, -0.2) is 4.18 Å². The highest BCUT2D eigenvalue weighted by molar-refractivity contribution is 7.80. The molecule has 0 spiro atoms. The van der Waals surface area contributed by atoms with Crippen LogP contribution >= 0.6 is 0 Å². The van der Waals surface area contributed by atoms with E-state index in [1.54, 1.807) is 0 Å². The fourth-order valence-electron chi connectivity index (χ4n) is 10.2. The summed E-state index contributed by atoms with van der Waals surface area (Å²) in [5.41, 5.74) is 0. The van der Waals surface area contributed by atoms with Gasteiger partial charge >= 0.3 is 10.4 Å². The van der Waals surface area contributed by atoms with Crippen molar-refractivity contribution in [3.05, 3.63) is 0 Å². The van der Waals surface area contributed by atoms with Gasteiger partial charge in [-0.15, -0.1) is 0 Å². The van der Waals surface area contributed by atoms with Crippen LogP contribution in [0.2, 0.25) is 0 Å². The first-order chi connectivity index (χ1) is 34.5. The van der Waals surface area contributed by atoms with Crippen LogP contribution in [0, 0.1) is 0 Å². The van der Waals surface area contributed by atoms with Crippen molar-refractivity contribution < 1.29 is 51.8 Å². The van der Waals surface area contributed by atoms with E-state index in [0.29, 0.717) is 12.8 Å².